The normalized spacial score (nSPS) is 16.3. The number of ether oxygens (including phenoxy) is 2. The van der Waals surface area contributed by atoms with Gasteiger partial charge in [-0.05, 0) is 54.4 Å². The van der Waals surface area contributed by atoms with Crippen molar-refractivity contribution in [3.8, 4) is 22.8 Å². The monoisotopic (exact) mass is 452 g/mol. The van der Waals surface area contributed by atoms with Gasteiger partial charge >= 0.3 is 0 Å². The molecule has 2 aliphatic rings. The molecule has 0 N–H and O–H groups in total. The number of rotatable bonds is 5. The Hall–Kier alpha value is -3.17. The number of hydrogen-bond donors (Lipinski definition) is 0. The third-order valence-electron chi connectivity index (χ3n) is 5.85. The Balaban J connectivity index is 1.25. The summed E-state index contributed by atoms with van der Waals surface area (Å²) in [5.74, 6) is 2.17. The van der Waals surface area contributed by atoms with Crippen molar-refractivity contribution in [1.29, 1.82) is 0 Å². The van der Waals surface area contributed by atoms with Crippen LogP contribution in [0.15, 0.2) is 59.5 Å². The van der Waals surface area contributed by atoms with E-state index in [1.165, 1.54) is 0 Å². The highest BCUT2D eigenvalue weighted by atomic mass is 32.2. The number of sulfonamides is 1. The maximum atomic E-state index is 13.0. The van der Waals surface area contributed by atoms with Gasteiger partial charge < -0.3 is 14.4 Å². The van der Waals surface area contributed by atoms with Crippen LogP contribution in [-0.2, 0) is 16.4 Å². The van der Waals surface area contributed by atoms with Crippen LogP contribution in [0.4, 0.5) is 5.82 Å². The molecule has 0 atom stereocenters. The van der Waals surface area contributed by atoms with Crippen molar-refractivity contribution in [2.24, 2.45) is 0 Å². The SMILES string of the molecule is CCc1ccc(S(=O)(=O)N2CCN(c3ccc(-c4ccc5c(c4)OCO5)nn3)CC2)cc1. The predicted octanol–water partition coefficient (Wildman–Crippen LogP) is 2.95. The molecular formula is C23H24N4O4S. The number of anilines is 1. The van der Waals surface area contributed by atoms with Crippen molar-refractivity contribution in [3.05, 3.63) is 60.2 Å². The minimum Gasteiger partial charge on any atom is -0.454 e. The average molecular weight is 453 g/mol. The van der Waals surface area contributed by atoms with Crippen LogP contribution in [0, 0.1) is 0 Å². The first kappa shape index (κ1) is 20.7. The predicted molar refractivity (Wildman–Crippen MR) is 120 cm³/mol. The lowest BCUT2D eigenvalue weighted by Gasteiger charge is -2.34. The number of benzene rings is 2. The van der Waals surface area contributed by atoms with Gasteiger partial charge in [0.25, 0.3) is 0 Å². The molecule has 1 fully saturated rings. The highest BCUT2D eigenvalue weighted by Crippen LogP contribution is 2.35. The number of piperazine rings is 1. The second-order valence-electron chi connectivity index (χ2n) is 7.73. The molecule has 1 saturated heterocycles. The van der Waals surface area contributed by atoms with Gasteiger partial charge in [0.2, 0.25) is 16.8 Å². The zero-order valence-electron chi connectivity index (χ0n) is 17.8. The maximum absolute atomic E-state index is 13.0. The maximum Gasteiger partial charge on any atom is 0.243 e. The zero-order chi connectivity index (χ0) is 22.1. The Kier molecular flexibility index (Phi) is 5.44. The van der Waals surface area contributed by atoms with E-state index < -0.39 is 10.0 Å². The Labute approximate surface area is 187 Å². The molecule has 0 spiro atoms. The van der Waals surface area contributed by atoms with Crippen molar-refractivity contribution in [2.75, 3.05) is 37.9 Å². The van der Waals surface area contributed by atoms with E-state index >= 15 is 0 Å². The van der Waals surface area contributed by atoms with Crippen LogP contribution in [0.2, 0.25) is 0 Å². The standard InChI is InChI=1S/C23H24N4O4S/c1-2-17-3-6-19(7-4-17)32(28,29)27-13-11-26(12-14-27)23-10-8-20(24-25-23)18-5-9-21-22(15-18)31-16-30-21/h3-10,15H,2,11-14,16H2,1H3. The fraction of sp³-hybridized carbons (Fsp3) is 0.304. The Bertz CT molecular complexity index is 1210. The molecule has 2 aromatic carbocycles. The van der Waals surface area contributed by atoms with Crippen molar-refractivity contribution < 1.29 is 17.9 Å². The van der Waals surface area contributed by atoms with Crippen LogP contribution < -0.4 is 14.4 Å². The third kappa shape index (κ3) is 3.89. The van der Waals surface area contributed by atoms with E-state index in [2.05, 4.69) is 15.1 Å². The van der Waals surface area contributed by atoms with Crippen LogP contribution in [0.25, 0.3) is 11.3 Å². The molecule has 166 valence electrons. The molecule has 0 saturated carbocycles. The summed E-state index contributed by atoms with van der Waals surface area (Å²) >= 11 is 0. The van der Waals surface area contributed by atoms with Gasteiger partial charge in [0.1, 0.15) is 0 Å². The summed E-state index contributed by atoms with van der Waals surface area (Å²) in [6.07, 6.45) is 0.882. The minimum absolute atomic E-state index is 0.231. The van der Waals surface area contributed by atoms with Gasteiger partial charge in [0.15, 0.2) is 17.3 Å². The summed E-state index contributed by atoms with van der Waals surface area (Å²) in [6, 6.07) is 16.7. The molecule has 9 heteroatoms. The third-order valence-corrected chi connectivity index (χ3v) is 7.76. The van der Waals surface area contributed by atoms with Gasteiger partial charge in [-0.3, -0.25) is 0 Å². The topological polar surface area (TPSA) is 84.9 Å². The smallest absolute Gasteiger partial charge is 0.243 e. The molecule has 0 radical (unpaired) electrons. The lowest BCUT2D eigenvalue weighted by molar-refractivity contribution is 0.174. The summed E-state index contributed by atoms with van der Waals surface area (Å²) < 4.78 is 38.3. The van der Waals surface area contributed by atoms with E-state index in [1.807, 2.05) is 49.4 Å². The molecule has 1 aromatic heterocycles. The number of aryl methyl sites for hydroxylation is 1. The lowest BCUT2D eigenvalue weighted by Crippen LogP contribution is -2.49. The Morgan fingerprint density at radius 3 is 2.31 bits per heavy atom. The molecule has 0 unspecified atom stereocenters. The molecule has 3 aromatic rings. The summed E-state index contributed by atoms with van der Waals surface area (Å²) in [5.41, 5.74) is 2.76. The number of hydrogen-bond acceptors (Lipinski definition) is 7. The molecule has 3 heterocycles. The van der Waals surface area contributed by atoms with Crippen molar-refractivity contribution in [1.82, 2.24) is 14.5 Å². The Morgan fingerprint density at radius 1 is 0.875 bits per heavy atom. The second kappa shape index (κ2) is 8.40. The van der Waals surface area contributed by atoms with E-state index in [1.54, 1.807) is 16.4 Å². The number of nitrogens with zero attached hydrogens (tertiary/aromatic N) is 4. The molecule has 0 bridgehead atoms. The fourth-order valence-electron chi connectivity index (χ4n) is 3.91. The summed E-state index contributed by atoms with van der Waals surface area (Å²) in [4.78, 5) is 2.40. The van der Waals surface area contributed by atoms with Crippen LogP contribution in [0.3, 0.4) is 0 Å². The highest BCUT2D eigenvalue weighted by Gasteiger charge is 2.29. The molecule has 8 nitrogen and oxygen atoms in total. The van der Waals surface area contributed by atoms with Crippen LogP contribution in [0.1, 0.15) is 12.5 Å². The minimum atomic E-state index is -3.49. The quantitative estimate of drug-likeness (QED) is 0.588. The van der Waals surface area contributed by atoms with E-state index in [9.17, 15) is 8.42 Å². The number of fused-ring (bicyclic) bond motifs is 1. The van der Waals surface area contributed by atoms with Crippen molar-refractivity contribution in [3.63, 3.8) is 0 Å². The molecule has 32 heavy (non-hydrogen) atoms. The van der Waals surface area contributed by atoms with E-state index in [-0.39, 0.29) is 6.79 Å². The second-order valence-corrected chi connectivity index (χ2v) is 9.67. The van der Waals surface area contributed by atoms with E-state index in [4.69, 9.17) is 9.47 Å². The van der Waals surface area contributed by atoms with Gasteiger partial charge in [-0.2, -0.15) is 4.31 Å². The average Bonchev–Trinajstić information content (AvgIpc) is 3.32. The summed E-state index contributed by atoms with van der Waals surface area (Å²) in [7, 11) is -3.49. The van der Waals surface area contributed by atoms with Crippen LogP contribution in [0.5, 0.6) is 11.5 Å². The Morgan fingerprint density at radius 2 is 1.62 bits per heavy atom. The van der Waals surface area contributed by atoms with Crippen molar-refractivity contribution >= 4 is 15.8 Å². The lowest BCUT2D eigenvalue weighted by atomic mass is 10.1. The van der Waals surface area contributed by atoms with Crippen LogP contribution >= 0.6 is 0 Å². The largest absolute Gasteiger partial charge is 0.454 e. The van der Waals surface area contributed by atoms with E-state index in [0.29, 0.717) is 36.8 Å². The first-order valence-electron chi connectivity index (χ1n) is 10.6. The number of aromatic nitrogens is 2. The zero-order valence-corrected chi connectivity index (χ0v) is 18.6. The molecule has 0 aliphatic carbocycles. The van der Waals surface area contributed by atoms with Gasteiger partial charge in [-0.1, -0.05) is 19.1 Å². The van der Waals surface area contributed by atoms with Gasteiger partial charge in [0.05, 0.1) is 10.6 Å². The molecule has 0 amide bonds. The highest BCUT2D eigenvalue weighted by molar-refractivity contribution is 7.89. The molecular weight excluding hydrogens is 428 g/mol. The molecule has 5 rings (SSSR count). The first-order valence-corrected chi connectivity index (χ1v) is 12.1. The van der Waals surface area contributed by atoms with Gasteiger partial charge in [0, 0.05) is 31.7 Å². The summed E-state index contributed by atoms with van der Waals surface area (Å²) in [5, 5.41) is 8.73. The van der Waals surface area contributed by atoms with Crippen molar-refractivity contribution in [2.45, 2.75) is 18.2 Å². The van der Waals surface area contributed by atoms with Gasteiger partial charge in [-0.15, -0.1) is 10.2 Å². The first-order chi connectivity index (χ1) is 15.5. The molecule has 2 aliphatic heterocycles. The fourth-order valence-corrected chi connectivity index (χ4v) is 5.33. The summed E-state index contributed by atoms with van der Waals surface area (Å²) in [6.45, 7) is 4.21. The van der Waals surface area contributed by atoms with Gasteiger partial charge in [-0.25, -0.2) is 8.42 Å². The van der Waals surface area contributed by atoms with E-state index in [0.717, 1.165) is 34.8 Å². The van der Waals surface area contributed by atoms with Crippen LogP contribution in [-0.4, -0.2) is 55.9 Å².